The van der Waals surface area contributed by atoms with E-state index in [2.05, 4.69) is 58.5 Å². The molecule has 1 saturated carbocycles. The highest BCUT2D eigenvalue weighted by Crippen LogP contribution is 2.41. The molecule has 1 aliphatic rings. The molecule has 1 fully saturated rings. The maximum absolute atomic E-state index is 6.26. The van der Waals surface area contributed by atoms with Crippen molar-refractivity contribution in [2.45, 2.75) is 31.7 Å². The predicted molar refractivity (Wildman–Crippen MR) is 89.7 cm³/mol. The van der Waals surface area contributed by atoms with Crippen LogP contribution < -0.4 is 5.32 Å². The van der Waals surface area contributed by atoms with E-state index in [0.29, 0.717) is 12.0 Å². The molecule has 3 rings (SSSR count). The molecule has 0 bridgehead atoms. The second-order valence-corrected chi connectivity index (χ2v) is 6.71. The van der Waals surface area contributed by atoms with Crippen molar-refractivity contribution in [3.8, 4) is 0 Å². The summed E-state index contributed by atoms with van der Waals surface area (Å²) in [6.07, 6.45) is 2.30. The molecule has 0 heterocycles. The molecule has 0 aromatic heterocycles. The smallest absolute Gasteiger partial charge is 0.0440 e. The quantitative estimate of drug-likeness (QED) is 0.741. The molecule has 0 aliphatic heterocycles. The first-order valence-corrected chi connectivity index (χ1v) is 8.08. The van der Waals surface area contributed by atoms with Crippen LogP contribution in [0.5, 0.6) is 0 Å². The molecule has 104 valence electrons. The zero-order chi connectivity index (χ0) is 14.1. The third-order valence-corrected chi connectivity index (χ3v) is 5.31. The van der Waals surface area contributed by atoms with Crippen LogP contribution in [0.15, 0.2) is 46.9 Å². The fourth-order valence-electron chi connectivity index (χ4n) is 2.78. The largest absolute Gasteiger partial charge is 0.382 e. The highest BCUT2D eigenvalue weighted by molar-refractivity contribution is 9.10. The van der Waals surface area contributed by atoms with E-state index in [-0.39, 0.29) is 0 Å². The van der Waals surface area contributed by atoms with E-state index >= 15 is 0 Å². The number of anilines is 1. The van der Waals surface area contributed by atoms with Gasteiger partial charge in [-0.15, -0.1) is 0 Å². The van der Waals surface area contributed by atoms with Gasteiger partial charge in [-0.3, -0.25) is 0 Å². The average molecular weight is 351 g/mol. The van der Waals surface area contributed by atoms with Crippen LogP contribution in [0.1, 0.15) is 29.9 Å². The van der Waals surface area contributed by atoms with Crippen LogP contribution in [0, 0.1) is 6.92 Å². The predicted octanol–water partition coefficient (Wildman–Crippen LogP) is 5.77. The molecular formula is C17H17BrClN. The normalized spacial score (nSPS) is 21.4. The minimum absolute atomic E-state index is 0.546. The third-order valence-electron chi connectivity index (χ3n) is 4.11. The number of hydrogen-bond donors (Lipinski definition) is 1. The van der Waals surface area contributed by atoms with Crippen molar-refractivity contribution in [2.75, 3.05) is 5.32 Å². The number of nitrogens with one attached hydrogen (secondary N) is 1. The molecule has 3 heteroatoms. The van der Waals surface area contributed by atoms with Crippen molar-refractivity contribution in [1.29, 1.82) is 0 Å². The lowest BCUT2D eigenvalue weighted by Crippen LogP contribution is -2.34. The molecule has 0 spiro atoms. The van der Waals surface area contributed by atoms with Crippen LogP contribution in [-0.2, 0) is 0 Å². The summed E-state index contributed by atoms with van der Waals surface area (Å²) >= 11 is 9.84. The first-order valence-electron chi connectivity index (χ1n) is 6.91. The number of hydrogen-bond acceptors (Lipinski definition) is 1. The number of halogens is 2. The minimum Gasteiger partial charge on any atom is -0.382 e. The van der Waals surface area contributed by atoms with E-state index in [4.69, 9.17) is 11.6 Å². The molecule has 0 radical (unpaired) electrons. The van der Waals surface area contributed by atoms with Gasteiger partial charge in [-0.2, -0.15) is 0 Å². The van der Waals surface area contributed by atoms with E-state index in [1.807, 2.05) is 12.1 Å². The van der Waals surface area contributed by atoms with Gasteiger partial charge < -0.3 is 5.32 Å². The third kappa shape index (κ3) is 2.72. The summed E-state index contributed by atoms with van der Waals surface area (Å²) in [5.74, 6) is 0.591. The van der Waals surface area contributed by atoms with Crippen LogP contribution in [0.3, 0.4) is 0 Å². The minimum atomic E-state index is 0.546. The summed E-state index contributed by atoms with van der Waals surface area (Å²) in [5, 5.41) is 4.53. The van der Waals surface area contributed by atoms with Gasteiger partial charge >= 0.3 is 0 Å². The monoisotopic (exact) mass is 349 g/mol. The Balaban J connectivity index is 1.64. The fraction of sp³-hybridized carbons (Fsp3) is 0.294. The van der Waals surface area contributed by atoms with Crippen molar-refractivity contribution in [1.82, 2.24) is 0 Å². The topological polar surface area (TPSA) is 12.0 Å². The Morgan fingerprint density at radius 3 is 2.60 bits per heavy atom. The molecule has 0 atom stereocenters. The highest BCUT2D eigenvalue weighted by Gasteiger charge is 2.31. The molecule has 20 heavy (non-hydrogen) atoms. The molecule has 2 aromatic rings. The van der Waals surface area contributed by atoms with Gasteiger partial charge in [0.25, 0.3) is 0 Å². The van der Waals surface area contributed by atoms with Crippen LogP contribution in [0.2, 0.25) is 5.02 Å². The van der Waals surface area contributed by atoms with Crippen LogP contribution in [-0.4, -0.2) is 6.04 Å². The van der Waals surface area contributed by atoms with Crippen molar-refractivity contribution >= 4 is 33.2 Å². The summed E-state index contributed by atoms with van der Waals surface area (Å²) in [5.41, 5.74) is 3.79. The van der Waals surface area contributed by atoms with Crippen LogP contribution >= 0.6 is 27.5 Å². The van der Waals surface area contributed by atoms with Gasteiger partial charge in [0, 0.05) is 21.2 Å². The van der Waals surface area contributed by atoms with E-state index < -0.39 is 0 Å². The Morgan fingerprint density at radius 1 is 1.10 bits per heavy atom. The standard InChI is InChI=1S/C17H17BrClN/c1-11-15(18)6-4-8-17(11)20-13-9-12(10-13)14-5-2-3-7-16(14)19/h2-8,12-13,20H,9-10H2,1H3. The molecule has 2 aromatic carbocycles. The summed E-state index contributed by atoms with van der Waals surface area (Å²) in [6.45, 7) is 2.14. The van der Waals surface area contributed by atoms with Gasteiger partial charge in [-0.1, -0.05) is 51.8 Å². The molecule has 0 saturated heterocycles. The maximum atomic E-state index is 6.26. The van der Waals surface area contributed by atoms with Crippen molar-refractivity contribution in [3.63, 3.8) is 0 Å². The van der Waals surface area contributed by atoms with Crippen molar-refractivity contribution < 1.29 is 0 Å². The van der Waals surface area contributed by atoms with Crippen molar-refractivity contribution in [3.05, 3.63) is 63.1 Å². The SMILES string of the molecule is Cc1c(Br)cccc1NC1CC(c2ccccc2Cl)C1. The zero-order valence-corrected chi connectivity index (χ0v) is 13.7. The summed E-state index contributed by atoms with van der Waals surface area (Å²) < 4.78 is 1.16. The Morgan fingerprint density at radius 2 is 1.85 bits per heavy atom. The fourth-order valence-corrected chi connectivity index (χ4v) is 3.44. The summed E-state index contributed by atoms with van der Waals surface area (Å²) in [7, 11) is 0. The summed E-state index contributed by atoms with van der Waals surface area (Å²) in [4.78, 5) is 0. The van der Waals surface area contributed by atoms with E-state index in [1.54, 1.807) is 0 Å². The molecule has 1 nitrogen and oxygen atoms in total. The number of rotatable bonds is 3. The lowest BCUT2D eigenvalue weighted by Gasteiger charge is -2.37. The number of benzene rings is 2. The lowest BCUT2D eigenvalue weighted by atomic mass is 9.75. The van der Waals surface area contributed by atoms with Gasteiger partial charge in [0.15, 0.2) is 0 Å². The highest BCUT2D eigenvalue weighted by atomic mass is 79.9. The van der Waals surface area contributed by atoms with Gasteiger partial charge in [0.2, 0.25) is 0 Å². The molecule has 1 N–H and O–H groups in total. The van der Waals surface area contributed by atoms with Crippen molar-refractivity contribution in [2.24, 2.45) is 0 Å². The Kier molecular flexibility index (Phi) is 4.04. The average Bonchev–Trinajstić information content (AvgIpc) is 2.39. The van der Waals surface area contributed by atoms with Gasteiger partial charge in [-0.25, -0.2) is 0 Å². The molecule has 0 unspecified atom stereocenters. The van der Waals surface area contributed by atoms with E-state index in [0.717, 1.165) is 22.3 Å². The van der Waals surface area contributed by atoms with Gasteiger partial charge in [-0.05, 0) is 55.0 Å². The van der Waals surface area contributed by atoms with Crippen LogP contribution in [0.4, 0.5) is 5.69 Å². The van der Waals surface area contributed by atoms with E-state index in [1.165, 1.54) is 16.8 Å². The Hall–Kier alpha value is -0.990. The molecule has 0 amide bonds. The lowest BCUT2D eigenvalue weighted by molar-refractivity contribution is 0.374. The first-order chi connectivity index (χ1) is 9.65. The van der Waals surface area contributed by atoms with Gasteiger partial charge in [0.1, 0.15) is 0 Å². The maximum Gasteiger partial charge on any atom is 0.0440 e. The molecular weight excluding hydrogens is 334 g/mol. The second-order valence-electron chi connectivity index (χ2n) is 5.44. The molecule has 1 aliphatic carbocycles. The second kappa shape index (κ2) is 5.79. The van der Waals surface area contributed by atoms with E-state index in [9.17, 15) is 0 Å². The van der Waals surface area contributed by atoms with Crippen LogP contribution in [0.25, 0.3) is 0 Å². The Bertz CT molecular complexity index is 620. The summed E-state index contributed by atoms with van der Waals surface area (Å²) in [6, 6.07) is 15.0. The first kappa shape index (κ1) is 14.0. The van der Waals surface area contributed by atoms with Gasteiger partial charge in [0.05, 0.1) is 0 Å². The Labute approximate surface area is 133 Å². The zero-order valence-electron chi connectivity index (χ0n) is 11.4.